The molecule has 2 fully saturated rings. The van der Waals surface area contributed by atoms with Crippen LogP contribution in [0.5, 0.6) is 0 Å². The van der Waals surface area contributed by atoms with Gasteiger partial charge < -0.3 is 15.2 Å². The zero-order chi connectivity index (χ0) is 22.1. The van der Waals surface area contributed by atoms with Gasteiger partial charge in [0.1, 0.15) is 11.5 Å². The molecule has 2 aliphatic rings. The lowest BCUT2D eigenvalue weighted by Gasteiger charge is -2.37. The van der Waals surface area contributed by atoms with Crippen molar-refractivity contribution in [2.75, 3.05) is 38.1 Å². The van der Waals surface area contributed by atoms with Gasteiger partial charge >= 0.3 is 0 Å². The lowest BCUT2D eigenvalue weighted by atomic mass is 10.0. The zero-order valence-corrected chi connectivity index (χ0v) is 18.1. The van der Waals surface area contributed by atoms with E-state index < -0.39 is 0 Å². The number of fused-ring (bicyclic) bond motifs is 1. The number of aromatic nitrogens is 4. The molecule has 3 aromatic rings. The Morgan fingerprint density at radius 2 is 1.97 bits per heavy atom. The normalized spacial score (nSPS) is 20.0. The van der Waals surface area contributed by atoms with E-state index in [0.717, 1.165) is 57.0 Å². The second-order valence-electron chi connectivity index (χ2n) is 8.50. The molecule has 0 aliphatic carbocycles. The number of amides is 1. The van der Waals surface area contributed by atoms with Crippen molar-refractivity contribution in [3.8, 4) is 0 Å². The molecule has 5 rings (SSSR count). The van der Waals surface area contributed by atoms with Crippen LogP contribution >= 0.6 is 0 Å². The Hall–Kier alpha value is -3.33. The number of carbonyl (C=O) groups is 1. The highest BCUT2D eigenvalue weighted by atomic mass is 16.1. The van der Waals surface area contributed by atoms with Gasteiger partial charge in [0.2, 0.25) is 0 Å². The minimum Gasteiger partial charge on any atom is -0.370 e. The van der Waals surface area contributed by atoms with Gasteiger partial charge in [0.15, 0.2) is 5.52 Å². The fourth-order valence-corrected chi connectivity index (χ4v) is 4.86. The lowest BCUT2D eigenvalue weighted by molar-refractivity contribution is 0.0958. The van der Waals surface area contributed by atoms with E-state index in [1.54, 1.807) is 25.5 Å². The van der Waals surface area contributed by atoms with Crippen LogP contribution in [0.2, 0.25) is 0 Å². The molecule has 9 nitrogen and oxygen atoms in total. The van der Waals surface area contributed by atoms with Gasteiger partial charge in [-0.25, -0.2) is 15.0 Å². The van der Waals surface area contributed by atoms with Crippen molar-refractivity contribution in [1.29, 1.82) is 0 Å². The lowest BCUT2D eigenvalue weighted by Crippen LogP contribution is -2.44. The molecule has 2 aliphatic heterocycles. The van der Waals surface area contributed by atoms with Crippen LogP contribution in [0.25, 0.3) is 11.0 Å². The van der Waals surface area contributed by atoms with Crippen molar-refractivity contribution >= 4 is 22.6 Å². The SMILES string of the molecule is CNC(=O)c1ccc(N2CCC(N3CCC(c4nc5cccnc5c(=O)[nH]4)C3)CC2)cn1. The van der Waals surface area contributed by atoms with Gasteiger partial charge in [0.05, 0.1) is 17.4 Å². The highest BCUT2D eigenvalue weighted by Gasteiger charge is 2.32. The van der Waals surface area contributed by atoms with Gasteiger partial charge in [-0.05, 0) is 50.1 Å². The maximum atomic E-state index is 12.4. The quantitative estimate of drug-likeness (QED) is 0.643. The molecule has 166 valence electrons. The second kappa shape index (κ2) is 8.66. The zero-order valence-electron chi connectivity index (χ0n) is 18.1. The third-order valence-corrected chi connectivity index (χ3v) is 6.64. The summed E-state index contributed by atoms with van der Waals surface area (Å²) in [6.07, 6.45) is 6.56. The molecule has 0 aromatic carbocycles. The van der Waals surface area contributed by atoms with E-state index in [4.69, 9.17) is 0 Å². The van der Waals surface area contributed by atoms with Crippen molar-refractivity contribution < 1.29 is 4.79 Å². The maximum absolute atomic E-state index is 12.4. The molecule has 0 spiro atoms. The van der Waals surface area contributed by atoms with Gasteiger partial charge in [-0.3, -0.25) is 14.5 Å². The summed E-state index contributed by atoms with van der Waals surface area (Å²) >= 11 is 0. The van der Waals surface area contributed by atoms with E-state index in [2.05, 4.69) is 35.1 Å². The highest BCUT2D eigenvalue weighted by molar-refractivity contribution is 5.92. The first-order valence-electron chi connectivity index (χ1n) is 11.1. The number of carbonyl (C=O) groups excluding carboxylic acids is 1. The van der Waals surface area contributed by atoms with Crippen LogP contribution in [0.4, 0.5) is 5.69 Å². The number of nitrogens with zero attached hydrogens (tertiary/aromatic N) is 5. The monoisotopic (exact) mass is 433 g/mol. The van der Waals surface area contributed by atoms with Crippen LogP contribution in [0.1, 0.15) is 41.5 Å². The van der Waals surface area contributed by atoms with E-state index >= 15 is 0 Å². The van der Waals surface area contributed by atoms with Crippen LogP contribution in [-0.2, 0) is 0 Å². The number of likely N-dealkylation sites (tertiary alicyclic amines) is 1. The van der Waals surface area contributed by atoms with E-state index in [1.807, 2.05) is 18.2 Å². The number of piperidine rings is 1. The summed E-state index contributed by atoms with van der Waals surface area (Å²) < 4.78 is 0. The molecule has 32 heavy (non-hydrogen) atoms. The Kier molecular flexibility index (Phi) is 5.57. The van der Waals surface area contributed by atoms with E-state index in [9.17, 15) is 9.59 Å². The smallest absolute Gasteiger partial charge is 0.277 e. The number of aromatic amines is 1. The first-order chi connectivity index (χ1) is 15.6. The summed E-state index contributed by atoms with van der Waals surface area (Å²) in [4.78, 5) is 45.0. The van der Waals surface area contributed by atoms with Crippen molar-refractivity contribution in [2.45, 2.75) is 31.2 Å². The first-order valence-corrected chi connectivity index (χ1v) is 11.1. The average Bonchev–Trinajstić information content (AvgIpc) is 3.34. The van der Waals surface area contributed by atoms with Crippen molar-refractivity contribution in [3.05, 3.63) is 58.5 Å². The Morgan fingerprint density at radius 1 is 1.12 bits per heavy atom. The Labute approximate surface area is 185 Å². The Balaban J connectivity index is 1.20. The molecule has 5 heterocycles. The Bertz CT molecular complexity index is 1170. The van der Waals surface area contributed by atoms with E-state index in [0.29, 0.717) is 22.8 Å². The highest BCUT2D eigenvalue weighted by Crippen LogP contribution is 2.30. The Morgan fingerprint density at radius 3 is 2.72 bits per heavy atom. The summed E-state index contributed by atoms with van der Waals surface area (Å²) in [7, 11) is 1.61. The largest absolute Gasteiger partial charge is 0.370 e. The molecule has 2 saturated heterocycles. The van der Waals surface area contributed by atoms with E-state index in [-0.39, 0.29) is 17.4 Å². The van der Waals surface area contributed by atoms with E-state index in [1.165, 1.54) is 0 Å². The predicted octanol–water partition coefficient (Wildman–Crippen LogP) is 1.53. The van der Waals surface area contributed by atoms with Crippen LogP contribution in [-0.4, -0.2) is 70.0 Å². The number of pyridine rings is 2. The minimum absolute atomic E-state index is 0.159. The van der Waals surface area contributed by atoms with Gasteiger partial charge in [0.25, 0.3) is 11.5 Å². The molecular weight excluding hydrogens is 406 g/mol. The number of hydrogen-bond acceptors (Lipinski definition) is 7. The second-order valence-corrected chi connectivity index (χ2v) is 8.50. The van der Waals surface area contributed by atoms with Crippen LogP contribution in [0.3, 0.4) is 0 Å². The fourth-order valence-electron chi connectivity index (χ4n) is 4.86. The molecule has 9 heteroatoms. The van der Waals surface area contributed by atoms with Crippen molar-refractivity contribution in [1.82, 2.24) is 30.2 Å². The molecular formula is C23H27N7O2. The number of hydrogen-bond donors (Lipinski definition) is 2. The third-order valence-electron chi connectivity index (χ3n) is 6.64. The summed E-state index contributed by atoms with van der Waals surface area (Å²) in [5.74, 6) is 0.849. The minimum atomic E-state index is -0.169. The summed E-state index contributed by atoms with van der Waals surface area (Å²) in [6.45, 7) is 3.86. The molecule has 1 unspecified atom stereocenters. The van der Waals surface area contributed by atoms with Crippen LogP contribution < -0.4 is 15.8 Å². The first kappa shape index (κ1) is 20.6. The molecule has 3 aromatic heterocycles. The average molecular weight is 434 g/mol. The van der Waals surface area contributed by atoms with Crippen molar-refractivity contribution in [3.63, 3.8) is 0 Å². The molecule has 0 bridgehead atoms. The third kappa shape index (κ3) is 3.95. The molecule has 1 amide bonds. The predicted molar refractivity (Wildman–Crippen MR) is 122 cm³/mol. The fraction of sp³-hybridized carbons (Fsp3) is 0.435. The van der Waals surface area contributed by atoms with Gasteiger partial charge in [-0.2, -0.15) is 0 Å². The van der Waals surface area contributed by atoms with Crippen LogP contribution in [0, 0.1) is 0 Å². The molecule has 0 radical (unpaired) electrons. The number of rotatable bonds is 4. The number of anilines is 1. The standard InChI is InChI=1S/C23H27N7O2/c1-24-22(31)19-5-4-17(13-26-19)29-11-7-16(8-12-29)30-10-6-15(14-30)21-27-18-3-2-9-25-20(18)23(32)28-21/h2-5,9,13,15-16H,6-8,10-12,14H2,1H3,(H,24,31)(H,27,28,32). The molecule has 2 N–H and O–H groups in total. The maximum Gasteiger partial charge on any atom is 0.277 e. The van der Waals surface area contributed by atoms with Crippen LogP contribution in [0.15, 0.2) is 41.5 Å². The summed E-state index contributed by atoms with van der Waals surface area (Å²) in [6, 6.07) is 7.94. The van der Waals surface area contributed by atoms with Gasteiger partial charge in [-0.15, -0.1) is 0 Å². The topological polar surface area (TPSA) is 107 Å². The molecule has 0 saturated carbocycles. The number of H-pyrrole nitrogens is 1. The summed E-state index contributed by atoms with van der Waals surface area (Å²) in [5, 5.41) is 2.60. The van der Waals surface area contributed by atoms with Gasteiger partial charge in [-0.1, -0.05) is 0 Å². The summed E-state index contributed by atoms with van der Waals surface area (Å²) in [5.41, 5.74) is 2.39. The molecule has 1 atom stereocenters. The van der Waals surface area contributed by atoms with Crippen molar-refractivity contribution in [2.24, 2.45) is 0 Å². The number of nitrogens with one attached hydrogen (secondary N) is 2. The van der Waals surface area contributed by atoms with Gasteiger partial charge in [0, 0.05) is 44.8 Å².